The van der Waals surface area contributed by atoms with Gasteiger partial charge in [0, 0.05) is 32.0 Å². The average molecular weight is 352 g/mol. The number of benzene rings is 1. The Balaban J connectivity index is 2.34. The van der Waals surface area contributed by atoms with Gasteiger partial charge in [0.2, 0.25) is 5.91 Å². The molecular weight excluding hydrogens is 323 g/mol. The molecule has 0 radical (unpaired) electrons. The zero-order valence-corrected chi connectivity index (χ0v) is 15.3. The third-order valence-corrected chi connectivity index (χ3v) is 3.04. The summed E-state index contributed by atoms with van der Waals surface area (Å²) in [7, 11) is 0. The van der Waals surface area contributed by atoms with Gasteiger partial charge in [-0.25, -0.2) is 9.38 Å². The predicted octanol–water partition coefficient (Wildman–Crippen LogP) is 2.38. The molecule has 0 bridgehead atoms. The van der Waals surface area contributed by atoms with E-state index in [9.17, 15) is 9.18 Å². The topological polar surface area (TPSA) is 74.8 Å². The van der Waals surface area contributed by atoms with Crippen molar-refractivity contribution in [1.82, 2.24) is 10.6 Å². The summed E-state index contributed by atoms with van der Waals surface area (Å²) in [5, 5.41) is 8.85. The lowest BCUT2D eigenvalue weighted by Crippen LogP contribution is -2.38. The van der Waals surface area contributed by atoms with Crippen LogP contribution in [0.5, 0.6) is 0 Å². The number of hydrogen-bond donors (Lipinski definition) is 3. The molecule has 0 aromatic heterocycles. The number of anilines is 1. The maximum atomic E-state index is 13.1. The summed E-state index contributed by atoms with van der Waals surface area (Å²) in [5.41, 5.74) is 0.417. The molecule has 0 saturated heterocycles. The van der Waals surface area contributed by atoms with Crippen molar-refractivity contribution in [2.45, 2.75) is 27.2 Å². The van der Waals surface area contributed by atoms with E-state index in [-0.39, 0.29) is 12.5 Å². The normalized spacial score (nSPS) is 11.5. The smallest absolute Gasteiger partial charge is 0.246 e. The van der Waals surface area contributed by atoms with Crippen LogP contribution in [0.1, 0.15) is 27.2 Å². The van der Waals surface area contributed by atoms with Crippen molar-refractivity contribution in [3.05, 3.63) is 30.1 Å². The zero-order valence-electron chi connectivity index (χ0n) is 15.3. The highest BCUT2D eigenvalue weighted by Gasteiger charge is 2.04. The molecule has 140 valence electrons. The van der Waals surface area contributed by atoms with Gasteiger partial charge in [-0.1, -0.05) is 19.9 Å². The van der Waals surface area contributed by atoms with Crippen LogP contribution in [0.4, 0.5) is 10.1 Å². The van der Waals surface area contributed by atoms with E-state index in [1.807, 2.05) is 6.92 Å². The third-order valence-electron chi connectivity index (χ3n) is 3.04. The molecule has 0 spiro atoms. The van der Waals surface area contributed by atoms with Crippen molar-refractivity contribution >= 4 is 17.6 Å². The van der Waals surface area contributed by atoms with E-state index in [0.717, 1.165) is 13.0 Å². The van der Waals surface area contributed by atoms with Gasteiger partial charge in [-0.2, -0.15) is 0 Å². The summed E-state index contributed by atoms with van der Waals surface area (Å²) in [6.45, 7) is 8.98. The molecule has 0 aliphatic rings. The minimum absolute atomic E-state index is 0.0459. The second-order valence-corrected chi connectivity index (χ2v) is 6.00. The molecular formula is C18H29FN4O2. The molecule has 1 aromatic carbocycles. The Kier molecular flexibility index (Phi) is 10.2. The van der Waals surface area contributed by atoms with E-state index in [4.69, 9.17) is 4.74 Å². The fourth-order valence-corrected chi connectivity index (χ4v) is 1.96. The van der Waals surface area contributed by atoms with Crippen LogP contribution in [-0.4, -0.2) is 44.7 Å². The number of amides is 1. The van der Waals surface area contributed by atoms with Gasteiger partial charge in [0.1, 0.15) is 12.4 Å². The predicted molar refractivity (Wildman–Crippen MR) is 99.3 cm³/mol. The summed E-state index contributed by atoms with van der Waals surface area (Å²) in [5.74, 6) is 0.406. The standard InChI is InChI=1S/C18H29FN4O2/c1-4-20-18(21-9-6-10-25-13-14(2)3)22-12-17(24)23-16-8-5-7-15(19)11-16/h5,7-8,11,14H,4,6,9-10,12-13H2,1-3H3,(H,23,24)(H2,20,21,22). The number of nitrogens with one attached hydrogen (secondary N) is 3. The molecule has 0 unspecified atom stereocenters. The van der Waals surface area contributed by atoms with Crippen LogP contribution in [-0.2, 0) is 9.53 Å². The van der Waals surface area contributed by atoms with Crippen molar-refractivity contribution < 1.29 is 13.9 Å². The van der Waals surface area contributed by atoms with Crippen LogP contribution < -0.4 is 16.0 Å². The Morgan fingerprint density at radius 3 is 2.80 bits per heavy atom. The van der Waals surface area contributed by atoms with Crippen molar-refractivity contribution in [2.24, 2.45) is 10.9 Å². The SMILES string of the molecule is CCNC(=NCC(=O)Nc1cccc(F)c1)NCCCOCC(C)C. The second kappa shape index (κ2) is 12.2. The Morgan fingerprint density at radius 1 is 1.32 bits per heavy atom. The van der Waals surface area contributed by atoms with Gasteiger partial charge in [0.15, 0.2) is 5.96 Å². The summed E-state index contributed by atoms with van der Waals surface area (Å²) < 4.78 is 18.6. The molecule has 1 aromatic rings. The van der Waals surface area contributed by atoms with Gasteiger partial charge < -0.3 is 20.7 Å². The van der Waals surface area contributed by atoms with Crippen molar-refractivity contribution in [2.75, 3.05) is 38.2 Å². The zero-order chi connectivity index (χ0) is 18.5. The Labute approximate surface area is 149 Å². The van der Waals surface area contributed by atoms with Crippen molar-refractivity contribution in [1.29, 1.82) is 0 Å². The fourth-order valence-electron chi connectivity index (χ4n) is 1.96. The highest BCUT2D eigenvalue weighted by atomic mass is 19.1. The quantitative estimate of drug-likeness (QED) is 0.343. The van der Waals surface area contributed by atoms with Crippen LogP contribution in [0, 0.1) is 11.7 Å². The number of aliphatic imine (C=N–C) groups is 1. The van der Waals surface area contributed by atoms with Gasteiger partial charge in [-0.05, 0) is 37.5 Å². The second-order valence-electron chi connectivity index (χ2n) is 6.00. The van der Waals surface area contributed by atoms with Gasteiger partial charge in [-0.15, -0.1) is 0 Å². The molecule has 0 aliphatic heterocycles. The lowest BCUT2D eigenvalue weighted by molar-refractivity contribution is -0.114. The first kappa shape index (κ1) is 20.9. The number of halogens is 1. The lowest BCUT2D eigenvalue weighted by Gasteiger charge is -2.12. The minimum Gasteiger partial charge on any atom is -0.381 e. The maximum absolute atomic E-state index is 13.1. The third kappa shape index (κ3) is 10.3. The van der Waals surface area contributed by atoms with Gasteiger partial charge in [-0.3, -0.25) is 4.79 Å². The number of carbonyl (C=O) groups excluding carboxylic acids is 1. The monoisotopic (exact) mass is 352 g/mol. The molecule has 0 saturated carbocycles. The highest BCUT2D eigenvalue weighted by molar-refractivity contribution is 5.94. The number of nitrogens with zero attached hydrogens (tertiary/aromatic N) is 1. The first-order chi connectivity index (χ1) is 12.0. The molecule has 1 amide bonds. The number of ether oxygens (including phenoxy) is 1. The molecule has 0 fully saturated rings. The Morgan fingerprint density at radius 2 is 2.12 bits per heavy atom. The van der Waals surface area contributed by atoms with Crippen LogP contribution in [0.25, 0.3) is 0 Å². The van der Waals surface area contributed by atoms with E-state index in [1.54, 1.807) is 12.1 Å². The van der Waals surface area contributed by atoms with Crippen molar-refractivity contribution in [3.63, 3.8) is 0 Å². The van der Waals surface area contributed by atoms with Gasteiger partial charge >= 0.3 is 0 Å². The van der Waals surface area contributed by atoms with E-state index in [1.165, 1.54) is 12.1 Å². The van der Waals surface area contributed by atoms with Gasteiger partial charge in [0.25, 0.3) is 0 Å². The minimum atomic E-state index is -0.393. The summed E-state index contributed by atoms with van der Waals surface area (Å²) in [6, 6.07) is 5.76. The largest absolute Gasteiger partial charge is 0.381 e. The fraction of sp³-hybridized carbons (Fsp3) is 0.556. The Bertz CT molecular complexity index is 550. The van der Waals surface area contributed by atoms with Crippen molar-refractivity contribution in [3.8, 4) is 0 Å². The number of carbonyl (C=O) groups is 1. The summed E-state index contributed by atoms with van der Waals surface area (Å²) in [6.07, 6.45) is 0.854. The van der Waals surface area contributed by atoms with Crippen LogP contribution in [0.15, 0.2) is 29.3 Å². The molecule has 0 heterocycles. The molecule has 7 heteroatoms. The maximum Gasteiger partial charge on any atom is 0.246 e. The lowest BCUT2D eigenvalue weighted by atomic mass is 10.2. The number of guanidine groups is 1. The van der Waals surface area contributed by atoms with E-state index in [0.29, 0.717) is 37.3 Å². The molecule has 0 aliphatic carbocycles. The first-order valence-corrected chi connectivity index (χ1v) is 8.66. The van der Waals surface area contributed by atoms with E-state index >= 15 is 0 Å². The number of hydrogen-bond acceptors (Lipinski definition) is 3. The molecule has 3 N–H and O–H groups in total. The number of rotatable bonds is 10. The molecule has 1 rings (SSSR count). The van der Waals surface area contributed by atoms with E-state index in [2.05, 4.69) is 34.8 Å². The highest BCUT2D eigenvalue weighted by Crippen LogP contribution is 2.08. The van der Waals surface area contributed by atoms with Gasteiger partial charge in [0.05, 0.1) is 0 Å². The van der Waals surface area contributed by atoms with Crippen LogP contribution >= 0.6 is 0 Å². The molecule has 6 nitrogen and oxygen atoms in total. The molecule has 0 atom stereocenters. The molecule has 25 heavy (non-hydrogen) atoms. The van der Waals surface area contributed by atoms with Crippen LogP contribution in [0.2, 0.25) is 0 Å². The summed E-state index contributed by atoms with van der Waals surface area (Å²) in [4.78, 5) is 16.1. The van der Waals surface area contributed by atoms with Crippen LogP contribution in [0.3, 0.4) is 0 Å². The average Bonchev–Trinajstić information content (AvgIpc) is 2.55. The summed E-state index contributed by atoms with van der Waals surface area (Å²) >= 11 is 0. The van der Waals surface area contributed by atoms with E-state index < -0.39 is 5.82 Å². The first-order valence-electron chi connectivity index (χ1n) is 8.66. The Hall–Kier alpha value is -2.15.